The number of hydrogen-bond donors (Lipinski definition) is 0. The van der Waals surface area contributed by atoms with Crippen molar-refractivity contribution in [2.24, 2.45) is 5.92 Å². The Bertz CT molecular complexity index is 281. The van der Waals surface area contributed by atoms with Gasteiger partial charge in [0, 0.05) is 18.9 Å². The largest absolute Gasteiger partial charge is 0.381 e. The number of amides is 1. The first-order valence-electron chi connectivity index (χ1n) is 5.58. The number of likely N-dealkylation sites (tertiary alicyclic amines) is 1. The van der Waals surface area contributed by atoms with Gasteiger partial charge in [-0.15, -0.1) is 0 Å². The molecule has 0 N–H and O–H groups in total. The van der Waals surface area contributed by atoms with Gasteiger partial charge in [-0.2, -0.15) is 5.26 Å². The average Bonchev–Trinajstić information content (AvgIpc) is 2.23. The highest BCUT2D eigenvalue weighted by Gasteiger charge is 2.30. The summed E-state index contributed by atoms with van der Waals surface area (Å²) < 4.78 is 5.04. The lowest BCUT2D eigenvalue weighted by Gasteiger charge is -2.34. The molecule has 4 nitrogen and oxygen atoms in total. The monoisotopic (exact) mass is 208 g/mol. The van der Waals surface area contributed by atoms with Crippen LogP contribution in [0.15, 0.2) is 0 Å². The van der Waals surface area contributed by atoms with E-state index < -0.39 is 0 Å². The van der Waals surface area contributed by atoms with Gasteiger partial charge < -0.3 is 9.64 Å². The van der Waals surface area contributed by atoms with Gasteiger partial charge in [0.2, 0.25) is 5.91 Å². The summed E-state index contributed by atoms with van der Waals surface area (Å²) >= 11 is 0. The molecule has 2 saturated heterocycles. The minimum Gasteiger partial charge on any atom is -0.381 e. The molecule has 2 rings (SSSR count). The predicted octanol–water partition coefficient (Wildman–Crippen LogP) is 0.928. The molecule has 82 valence electrons. The standard InChI is InChI=1S/C11H16N2O2/c12-6-10-3-1-2-4-13(10)11(14)5-9-7-15-8-9/h9-10H,1-5,7-8H2. The molecular weight excluding hydrogens is 192 g/mol. The molecule has 0 radical (unpaired) electrons. The molecule has 0 aromatic heterocycles. The summed E-state index contributed by atoms with van der Waals surface area (Å²) in [7, 11) is 0. The van der Waals surface area contributed by atoms with Crippen molar-refractivity contribution in [2.45, 2.75) is 31.7 Å². The molecule has 2 aliphatic rings. The van der Waals surface area contributed by atoms with Gasteiger partial charge in [0.1, 0.15) is 6.04 Å². The summed E-state index contributed by atoms with van der Waals surface area (Å²) in [5.41, 5.74) is 0. The van der Waals surface area contributed by atoms with Crippen LogP contribution in [0.1, 0.15) is 25.7 Å². The number of hydrogen-bond acceptors (Lipinski definition) is 3. The summed E-state index contributed by atoms with van der Waals surface area (Å²) in [5, 5.41) is 8.95. The molecule has 2 heterocycles. The first-order valence-corrected chi connectivity index (χ1v) is 5.58. The second-order valence-electron chi connectivity index (χ2n) is 4.34. The van der Waals surface area contributed by atoms with Gasteiger partial charge in [-0.3, -0.25) is 4.79 Å². The molecule has 0 aromatic rings. The Labute approximate surface area is 89.8 Å². The van der Waals surface area contributed by atoms with Crippen LogP contribution in [0.3, 0.4) is 0 Å². The third-order valence-electron chi connectivity index (χ3n) is 3.14. The highest BCUT2D eigenvalue weighted by molar-refractivity contribution is 5.77. The fraction of sp³-hybridized carbons (Fsp3) is 0.818. The fourth-order valence-corrected chi connectivity index (χ4v) is 2.13. The maximum Gasteiger partial charge on any atom is 0.224 e. The molecule has 2 aliphatic heterocycles. The van der Waals surface area contributed by atoms with E-state index in [-0.39, 0.29) is 11.9 Å². The minimum atomic E-state index is -0.188. The number of nitriles is 1. The van der Waals surface area contributed by atoms with Crippen LogP contribution >= 0.6 is 0 Å². The molecule has 1 unspecified atom stereocenters. The molecule has 2 fully saturated rings. The lowest BCUT2D eigenvalue weighted by atomic mass is 9.99. The molecular formula is C11H16N2O2. The number of carbonyl (C=O) groups is 1. The van der Waals surface area contributed by atoms with Crippen molar-refractivity contribution >= 4 is 5.91 Å². The summed E-state index contributed by atoms with van der Waals surface area (Å²) in [6.07, 6.45) is 3.49. The van der Waals surface area contributed by atoms with E-state index >= 15 is 0 Å². The summed E-state index contributed by atoms with van der Waals surface area (Å²) in [4.78, 5) is 13.6. The Morgan fingerprint density at radius 2 is 2.27 bits per heavy atom. The smallest absolute Gasteiger partial charge is 0.224 e. The van der Waals surface area contributed by atoms with Crippen molar-refractivity contribution in [3.8, 4) is 6.07 Å². The SMILES string of the molecule is N#CC1CCCCN1C(=O)CC1COC1. The van der Waals surface area contributed by atoms with Crippen molar-refractivity contribution in [3.05, 3.63) is 0 Å². The second-order valence-corrected chi connectivity index (χ2v) is 4.34. The molecule has 0 saturated carbocycles. The fourth-order valence-electron chi connectivity index (χ4n) is 2.13. The molecule has 15 heavy (non-hydrogen) atoms. The number of ether oxygens (including phenoxy) is 1. The highest BCUT2D eigenvalue weighted by Crippen LogP contribution is 2.21. The van der Waals surface area contributed by atoms with Crippen molar-refractivity contribution < 1.29 is 9.53 Å². The van der Waals surface area contributed by atoms with Crippen LogP contribution in [-0.4, -0.2) is 36.6 Å². The Morgan fingerprint density at radius 1 is 1.47 bits per heavy atom. The molecule has 0 bridgehead atoms. The summed E-state index contributed by atoms with van der Waals surface area (Å²) in [6, 6.07) is 2.03. The first kappa shape index (κ1) is 10.4. The van der Waals surface area contributed by atoms with E-state index in [9.17, 15) is 4.79 Å². The van der Waals surface area contributed by atoms with Gasteiger partial charge in [0.15, 0.2) is 0 Å². The third kappa shape index (κ3) is 2.29. The van der Waals surface area contributed by atoms with E-state index in [2.05, 4.69) is 6.07 Å². The molecule has 1 atom stereocenters. The molecule has 0 aromatic carbocycles. The molecule has 0 aliphatic carbocycles. The predicted molar refractivity (Wildman–Crippen MR) is 53.9 cm³/mol. The lowest BCUT2D eigenvalue weighted by molar-refractivity contribution is -0.139. The van der Waals surface area contributed by atoms with Gasteiger partial charge in [0.25, 0.3) is 0 Å². The van der Waals surface area contributed by atoms with E-state index in [0.29, 0.717) is 25.6 Å². The van der Waals surface area contributed by atoms with Crippen molar-refractivity contribution in [3.63, 3.8) is 0 Å². The Hall–Kier alpha value is -1.08. The zero-order chi connectivity index (χ0) is 10.7. The van der Waals surface area contributed by atoms with Crippen LogP contribution in [0.25, 0.3) is 0 Å². The van der Waals surface area contributed by atoms with Crippen LogP contribution in [0.4, 0.5) is 0 Å². The van der Waals surface area contributed by atoms with Crippen LogP contribution in [-0.2, 0) is 9.53 Å². The summed E-state index contributed by atoms with van der Waals surface area (Å²) in [5.74, 6) is 0.522. The quantitative estimate of drug-likeness (QED) is 0.678. The number of nitrogens with zero attached hydrogens (tertiary/aromatic N) is 2. The highest BCUT2D eigenvalue weighted by atomic mass is 16.5. The Balaban J connectivity index is 1.89. The second kappa shape index (κ2) is 4.63. The van der Waals surface area contributed by atoms with Gasteiger partial charge in [-0.05, 0) is 19.3 Å². The summed E-state index contributed by atoms with van der Waals surface area (Å²) in [6.45, 7) is 2.16. The van der Waals surface area contributed by atoms with Crippen molar-refractivity contribution in [1.29, 1.82) is 5.26 Å². The maximum atomic E-state index is 11.9. The van der Waals surface area contributed by atoms with E-state index in [1.54, 1.807) is 4.90 Å². The van der Waals surface area contributed by atoms with Crippen molar-refractivity contribution in [1.82, 2.24) is 4.90 Å². The topological polar surface area (TPSA) is 53.3 Å². The van der Waals surface area contributed by atoms with E-state index in [4.69, 9.17) is 10.00 Å². The van der Waals surface area contributed by atoms with Gasteiger partial charge in [-0.1, -0.05) is 0 Å². The van der Waals surface area contributed by atoms with Gasteiger partial charge in [-0.25, -0.2) is 0 Å². The Kier molecular flexibility index (Phi) is 3.22. The zero-order valence-corrected chi connectivity index (χ0v) is 8.82. The van der Waals surface area contributed by atoms with Gasteiger partial charge in [0.05, 0.1) is 19.3 Å². The van der Waals surface area contributed by atoms with E-state index in [1.165, 1.54) is 0 Å². The zero-order valence-electron chi connectivity index (χ0n) is 8.82. The third-order valence-corrected chi connectivity index (χ3v) is 3.14. The molecule has 4 heteroatoms. The number of piperidine rings is 1. The number of carbonyl (C=O) groups excluding carboxylic acids is 1. The van der Waals surface area contributed by atoms with E-state index in [1.807, 2.05) is 0 Å². The van der Waals surface area contributed by atoms with E-state index in [0.717, 1.165) is 25.8 Å². The average molecular weight is 208 g/mol. The maximum absolute atomic E-state index is 11.9. The van der Waals surface area contributed by atoms with Crippen LogP contribution in [0.5, 0.6) is 0 Å². The van der Waals surface area contributed by atoms with Gasteiger partial charge >= 0.3 is 0 Å². The van der Waals surface area contributed by atoms with Crippen LogP contribution < -0.4 is 0 Å². The number of rotatable bonds is 2. The lowest BCUT2D eigenvalue weighted by Crippen LogP contribution is -2.45. The molecule has 1 amide bonds. The van der Waals surface area contributed by atoms with Crippen LogP contribution in [0, 0.1) is 17.2 Å². The first-order chi connectivity index (χ1) is 7.31. The molecule has 0 spiro atoms. The van der Waals surface area contributed by atoms with Crippen molar-refractivity contribution in [2.75, 3.05) is 19.8 Å². The Morgan fingerprint density at radius 3 is 2.87 bits per heavy atom. The normalized spacial score (nSPS) is 26.9. The minimum absolute atomic E-state index is 0.134. The van der Waals surface area contributed by atoms with Crippen LogP contribution in [0.2, 0.25) is 0 Å².